The highest BCUT2D eigenvalue weighted by Gasteiger charge is 2.34. The minimum Gasteiger partial charge on any atom is -0.324 e. The lowest BCUT2D eigenvalue weighted by molar-refractivity contribution is -0.137. The monoisotopic (exact) mass is 357 g/mol. The third kappa shape index (κ3) is 4.55. The Hall–Kier alpha value is -1.93. The van der Waals surface area contributed by atoms with Gasteiger partial charge < -0.3 is 5.32 Å². The second-order valence-corrected chi connectivity index (χ2v) is 6.54. The zero-order chi connectivity index (χ0) is 17.9. The van der Waals surface area contributed by atoms with Gasteiger partial charge in [-0.05, 0) is 33.0 Å². The van der Waals surface area contributed by atoms with Crippen molar-refractivity contribution in [2.75, 3.05) is 12.4 Å². The first-order chi connectivity index (χ1) is 11.2. The molecule has 1 aromatic heterocycles. The smallest absolute Gasteiger partial charge is 0.324 e. The van der Waals surface area contributed by atoms with Crippen molar-refractivity contribution in [1.82, 2.24) is 9.88 Å². The molecule has 0 saturated carbocycles. The zero-order valence-corrected chi connectivity index (χ0v) is 14.3. The molecule has 0 spiro atoms. The topological polar surface area (TPSA) is 45.2 Å². The number of hydrogen-bond donors (Lipinski definition) is 1. The minimum absolute atomic E-state index is 0.236. The van der Waals surface area contributed by atoms with E-state index in [1.807, 2.05) is 12.3 Å². The van der Waals surface area contributed by atoms with Crippen LogP contribution in [0.15, 0.2) is 29.6 Å². The summed E-state index contributed by atoms with van der Waals surface area (Å²) in [5.41, 5.74) is -0.265. The fourth-order valence-electron chi connectivity index (χ4n) is 2.15. The number of halogens is 3. The number of aromatic nitrogens is 1. The van der Waals surface area contributed by atoms with Gasteiger partial charge in [-0.15, -0.1) is 11.3 Å². The number of carbonyl (C=O) groups is 1. The first-order valence-corrected chi connectivity index (χ1v) is 8.15. The summed E-state index contributed by atoms with van der Waals surface area (Å²) >= 11 is 1.51. The summed E-state index contributed by atoms with van der Waals surface area (Å²) in [6.07, 6.45) is -4.52. The van der Waals surface area contributed by atoms with Gasteiger partial charge in [0.15, 0.2) is 0 Å². The van der Waals surface area contributed by atoms with Crippen molar-refractivity contribution in [3.63, 3.8) is 0 Å². The van der Waals surface area contributed by atoms with E-state index in [0.29, 0.717) is 6.54 Å². The molecule has 2 rings (SSSR count). The first kappa shape index (κ1) is 18.4. The van der Waals surface area contributed by atoms with E-state index in [1.54, 1.807) is 18.9 Å². The number of aryl methyl sites for hydroxylation is 1. The van der Waals surface area contributed by atoms with Crippen LogP contribution in [0.25, 0.3) is 0 Å². The number of amides is 1. The van der Waals surface area contributed by atoms with Crippen LogP contribution in [0.5, 0.6) is 0 Å². The van der Waals surface area contributed by atoms with Crippen molar-refractivity contribution in [3.8, 4) is 0 Å². The lowest BCUT2D eigenvalue weighted by Gasteiger charge is -2.23. The number of carbonyl (C=O) groups excluding carboxylic acids is 1. The average Bonchev–Trinajstić information content (AvgIpc) is 2.90. The molecule has 1 atom stereocenters. The van der Waals surface area contributed by atoms with Crippen molar-refractivity contribution in [3.05, 3.63) is 45.9 Å². The van der Waals surface area contributed by atoms with Gasteiger partial charge in [-0.25, -0.2) is 4.98 Å². The molecule has 0 aliphatic heterocycles. The van der Waals surface area contributed by atoms with Crippen molar-refractivity contribution < 1.29 is 18.0 Å². The molecular formula is C16H18F3N3OS. The number of nitrogens with zero attached hydrogens (tertiary/aromatic N) is 2. The molecule has 1 amide bonds. The van der Waals surface area contributed by atoms with Crippen LogP contribution in [0.3, 0.4) is 0 Å². The van der Waals surface area contributed by atoms with Crippen LogP contribution < -0.4 is 5.32 Å². The molecule has 4 nitrogen and oxygen atoms in total. The van der Waals surface area contributed by atoms with Gasteiger partial charge in [0.1, 0.15) is 0 Å². The second kappa shape index (κ2) is 7.31. The van der Waals surface area contributed by atoms with E-state index >= 15 is 0 Å². The number of anilines is 1. The summed E-state index contributed by atoms with van der Waals surface area (Å²) in [5.74, 6) is -0.499. The SMILES string of the molecule is Cc1nc(CN(C)C(C)C(=O)Nc2ccccc2C(F)(F)F)cs1. The lowest BCUT2D eigenvalue weighted by Crippen LogP contribution is -2.39. The standard InChI is InChI=1S/C16H18F3N3OS/c1-10(22(3)8-12-9-24-11(2)20-12)15(23)21-14-7-5-4-6-13(14)16(17,18)19/h4-7,9-10H,8H2,1-3H3,(H,21,23). The van der Waals surface area contributed by atoms with Crippen molar-refractivity contribution in [2.24, 2.45) is 0 Å². The Kier molecular flexibility index (Phi) is 5.61. The normalized spacial score (nSPS) is 13.1. The third-order valence-corrected chi connectivity index (χ3v) is 4.43. The molecule has 0 bridgehead atoms. The molecule has 1 aromatic carbocycles. The first-order valence-electron chi connectivity index (χ1n) is 7.27. The predicted molar refractivity (Wildman–Crippen MR) is 87.9 cm³/mol. The third-order valence-electron chi connectivity index (χ3n) is 3.61. The molecular weight excluding hydrogens is 339 g/mol. The van der Waals surface area contributed by atoms with Gasteiger partial charge in [0, 0.05) is 11.9 Å². The van der Waals surface area contributed by atoms with Crippen LogP contribution in [0.2, 0.25) is 0 Å². The van der Waals surface area contributed by atoms with E-state index in [-0.39, 0.29) is 5.69 Å². The van der Waals surface area contributed by atoms with Gasteiger partial charge in [0.05, 0.1) is 28.0 Å². The predicted octanol–water partition coefficient (Wildman–Crippen LogP) is 3.93. The summed E-state index contributed by atoms with van der Waals surface area (Å²) < 4.78 is 38.9. The average molecular weight is 357 g/mol. The van der Waals surface area contributed by atoms with Crippen LogP contribution in [-0.4, -0.2) is 28.9 Å². The maximum Gasteiger partial charge on any atom is 0.418 e. The van der Waals surface area contributed by atoms with E-state index in [2.05, 4.69) is 10.3 Å². The van der Waals surface area contributed by atoms with E-state index < -0.39 is 23.7 Å². The molecule has 8 heteroatoms. The summed E-state index contributed by atoms with van der Waals surface area (Å²) in [4.78, 5) is 18.3. The van der Waals surface area contributed by atoms with Gasteiger partial charge in [-0.1, -0.05) is 12.1 Å². The highest BCUT2D eigenvalue weighted by molar-refractivity contribution is 7.09. The van der Waals surface area contributed by atoms with Gasteiger partial charge in [0.25, 0.3) is 0 Å². The van der Waals surface area contributed by atoms with Crippen LogP contribution in [0.1, 0.15) is 23.2 Å². The largest absolute Gasteiger partial charge is 0.418 e. The van der Waals surface area contributed by atoms with E-state index in [4.69, 9.17) is 0 Å². The molecule has 0 radical (unpaired) electrons. The summed E-state index contributed by atoms with van der Waals surface area (Å²) in [6, 6.07) is 4.34. The van der Waals surface area contributed by atoms with Gasteiger partial charge in [-0.3, -0.25) is 9.69 Å². The Morgan fingerprint density at radius 3 is 2.62 bits per heavy atom. The van der Waals surface area contributed by atoms with Crippen molar-refractivity contribution in [2.45, 2.75) is 32.6 Å². The Balaban J connectivity index is 2.06. The maximum absolute atomic E-state index is 13.0. The molecule has 130 valence electrons. The molecule has 0 fully saturated rings. The highest BCUT2D eigenvalue weighted by Crippen LogP contribution is 2.34. The van der Waals surface area contributed by atoms with Gasteiger partial charge >= 0.3 is 6.18 Å². The number of nitrogens with one attached hydrogen (secondary N) is 1. The molecule has 1 unspecified atom stereocenters. The Bertz CT molecular complexity index is 715. The van der Waals surface area contributed by atoms with E-state index in [9.17, 15) is 18.0 Å². The number of para-hydroxylation sites is 1. The highest BCUT2D eigenvalue weighted by atomic mass is 32.1. The molecule has 0 saturated heterocycles. The van der Waals surface area contributed by atoms with Crippen LogP contribution in [0, 0.1) is 6.92 Å². The maximum atomic E-state index is 13.0. The van der Waals surface area contributed by atoms with Crippen LogP contribution in [-0.2, 0) is 17.5 Å². The Labute approximate surface area is 142 Å². The molecule has 0 aliphatic rings. The summed E-state index contributed by atoms with van der Waals surface area (Å²) in [7, 11) is 1.73. The molecule has 24 heavy (non-hydrogen) atoms. The van der Waals surface area contributed by atoms with E-state index in [1.165, 1.54) is 29.5 Å². The Morgan fingerprint density at radius 1 is 1.38 bits per heavy atom. The lowest BCUT2D eigenvalue weighted by atomic mass is 10.1. The number of benzene rings is 1. The second-order valence-electron chi connectivity index (χ2n) is 5.48. The van der Waals surface area contributed by atoms with Gasteiger partial charge in [0.2, 0.25) is 5.91 Å². The molecule has 1 N–H and O–H groups in total. The fraction of sp³-hybridized carbons (Fsp3) is 0.375. The summed E-state index contributed by atoms with van der Waals surface area (Å²) in [6.45, 7) is 3.98. The molecule has 1 heterocycles. The number of likely N-dealkylation sites (N-methyl/N-ethyl adjacent to an activating group) is 1. The number of hydrogen-bond acceptors (Lipinski definition) is 4. The number of thiazole rings is 1. The summed E-state index contributed by atoms with van der Waals surface area (Å²) in [5, 5.41) is 5.19. The minimum atomic E-state index is -4.52. The number of rotatable bonds is 5. The van der Waals surface area contributed by atoms with Crippen molar-refractivity contribution >= 4 is 22.9 Å². The van der Waals surface area contributed by atoms with Crippen LogP contribution >= 0.6 is 11.3 Å². The van der Waals surface area contributed by atoms with Crippen molar-refractivity contribution in [1.29, 1.82) is 0 Å². The van der Waals surface area contributed by atoms with Crippen LogP contribution in [0.4, 0.5) is 18.9 Å². The molecule has 0 aliphatic carbocycles. The van der Waals surface area contributed by atoms with Gasteiger partial charge in [-0.2, -0.15) is 13.2 Å². The zero-order valence-electron chi connectivity index (χ0n) is 13.5. The Morgan fingerprint density at radius 2 is 2.04 bits per heavy atom. The number of alkyl halides is 3. The van der Waals surface area contributed by atoms with E-state index in [0.717, 1.165) is 16.8 Å². The quantitative estimate of drug-likeness (QED) is 0.882. The molecule has 2 aromatic rings. The fourth-order valence-corrected chi connectivity index (χ4v) is 2.75.